The van der Waals surface area contributed by atoms with Gasteiger partial charge in [-0.15, -0.1) is 11.3 Å². The first-order chi connectivity index (χ1) is 7.25. The number of nitrogens with one attached hydrogen (secondary N) is 1. The molecule has 0 bridgehead atoms. The molecule has 3 N–H and O–H groups in total. The van der Waals surface area contributed by atoms with E-state index in [9.17, 15) is 4.79 Å². The molecule has 4 nitrogen and oxygen atoms in total. The number of thiazole rings is 1. The first kappa shape index (κ1) is 10.8. The van der Waals surface area contributed by atoms with E-state index in [1.165, 1.54) is 29.9 Å². The molecule has 0 aromatic carbocycles. The quantitative estimate of drug-likeness (QED) is 0.841. The van der Waals surface area contributed by atoms with Crippen molar-refractivity contribution >= 4 is 34.1 Å². The van der Waals surface area contributed by atoms with E-state index in [2.05, 4.69) is 10.3 Å². The Kier molecular flexibility index (Phi) is 3.48. The van der Waals surface area contributed by atoms with E-state index in [1.807, 2.05) is 11.8 Å². The van der Waals surface area contributed by atoms with Crippen molar-refractivity contribution in [3.63, 3.8) is 0 Å². The van der Waals surface area contributed by atoms with Crippen LogP contribution in [-0.2, 0) is 0 Å². The van der Waals surface area contributed by atoms with Gasteiger partial charge in [0.2, 0.25) is 0 Å². The summed E-state index contributed by atoms with van der Waals surface area (Å²) in [5.74, 6) is 1.10. The second-order valence-electron chi connectivity index (χ2n) is 3.42. The maximum absolute atomic E-state index is 11.6. The Morgan fingerprint density at radius 1 is 1.73 bits per heavy atom. The van der Waals surface area contributed by atoms with Crippen molar-refractivity contribution in [2.75, 3.05) is 18.0 Å². The summed E-state index contributed by atoms with van der Waals surface area (Å²) in [7, 11) is 0. The lowest BCUT2D eigenvalue weighted by atomic mass is 10.2. The minimum Gasteiger partial charge on any atom is -0.375 e. The van der Waals surface area contributed by atoms with Crippen LogP contribution < -0.4 is 11.1 Å². The van der Waals surface area contributed by atoms with Crippen LogP contribution in [0.25, 0.3) is 0 Å². The van der Waals surface area contributed by atoms with Crippen molar-refractivity contribution in [3.8, 4) is 0 Å². The third-order valence-electron chi connectivity index (χ3n) is 2.27. The molecule has 1 amide bonds. The predicted octanol–water partition coefficient (Wildman–Crippen LogP) is 1.35. The summed E-state index contributed by atoms with van der Waals surface area (Å²) in [6.07, 6.45) is 2.46. The van der Waals surface area contributed by atoms with Crippen LogP contribution in [0.1, 0.15) is 23.3 Å². The number of thioether (sulfide) groups is 1. The molecule has 2 rings (SSSR count). The first-order valence-corrected chi connectivity index (χ1v) is 6.79. The fourth-order valence-corrected chi connectivity index (χ4v) is 3.24. The van der Waals surface area contributed by atoms with Crippen LogP contribution in [0.2, 0.25) is 0 Å². The van der Waals surface area contributed by atoms with E-state index in [1.54, 1.807) is 5.38 Å². The van der Waals surface area contributed by atoms with Crippen molar-refractivity contribution in [1.82, 2.24) is 10.3 Å². The molecule has 0 aliphatic carbocycles. The van der Waals surface area contributed by atoms with E-state index in [0.717, 1.165) is 6.54 Å². The number of carbonyl (C=O) groups is 1. The highest BCUT2D eigenvalue weighted by Crippen LogP contribution is 2.25. The van der Waals surface area contributed by atoms with Crippen molar-refractivity contribution < 1.29 is 4.79 Å². The van der Waals surface area contributed by atoms with E-state index in [4.69, 9.17) is 5.73 Å². The molecule has 1 aliphatic heterocycles. The minimum absolute atomic E-state index is 0.115. The van der Waals surface area contributed by atoms with Gasteiger partial charge in [0.1, 0.15) is 5.69 Å². The zero-order chi connectivity index (χ0) is 10.7. The molecule has 1 fully saturated rings. The normalized spacial score (nSPS) is 20.4. The second-order valence-corrected chi connectivity index (χ2v) is 5.71. The van der Waals surface area contributed by atoms with Gasteiger partial charge in [0.05, 0.1) is 0 Å². The van der Waals surface area contributed by atoms with Crippen molar-refractivity contribution in [2.45, 2.75) is 18.1 Å². The highest BCUT2D eigenvalue weighted by molar-refractivity contribution is 8.00. The average molecular weight is 243 g/mol. The van der Waals surface area contributed by atoms with Gasteiger partial charge in [-0.1, -0.05) is 0 Å². The van der Waals surface area contributed by atoms with Gasteiger partial charge in [0, 0.05) is 17.2 Å². The molecule has 1 aromatic rings. The molecular weight excluding hydrogens is 230 g/mol. The van der Waals surface area contributed by atoms with Crippen LogP contribution in [0.4, 0.5) is 5.13 Å². The SMILES string of the molecule is Nc1nc(C(=O)NCC2CCCS2)cs1. The van der Waals surface area contributed by atoms with Crippen molar-refractivity contribution in [3.05, 3.63) is 11.1 Å². The Bertz CT molecular complexity index is 347. The summed E-state index contributed by atoms with van der Waals surface area (Å²) >= 11 is 3.22. The third-order valence-corrected chi connectivity index (χ3v) is 4.34. The Labute approximate surface area is 96.6 Å². The van der Waals surface area contributed by atoms with Crippen molar-refractivity contribution in [1.29, 1.82) is 0 Å². The van der Waals surface area contributed by atoms with Crippen molar-refractivity contribution in [2.24, 2.45) is 0 Å². The second kappa shape index (κ2) is 4.85. The van der Waals surface area contributed by atoms with Crippen LogP contribution in [0.5, 0.6) is 0 Å². The first-order valence-electron chi connectivity index (χ1n) is 4.86. The zero-order valence-electron chi connectivity index (χ0n) is 8.23. The maximum Gasteiger partial charge on any atom is 0.270 e. The molecule has 2 heterocycles. The van der Waals surface area contributed by atoms with Crippen LogP contribution in [0, 0.1) is 0 Å². The topological polar surface area (TPSA) is 68.0 Å². The minimum atomic E-state index is -0.115. The summed E-state index contributed by atoms with van der Waals surface area (Å²) < 4.78 is 0. The largest absolute Gasteiger partial charge is 0.375 e. The molecule has 0 radical (unpaired) electrons. The number of aromatic nitrogens is 1. The average Bonchev–Trinajstić information content (AvgIpc) is 2.84. The third kappa shape index (κ3) is 2.85. The number of nitrogen functional groups attached to an aromatic ring is 1. The summed E-state index contributed by atoms with van der Waals surface area (Å²) in [6, 6.07) is 0. The fourth-order valence-electron chi connectivity index (χ4n) is 1.49. The van der Waals surface area contributed by atoms with Gasteiger partial charge in [-0.25, -0.2) is 4.98 Å². The van der Waals surface area contributed by atoms with Gasteiger partial charge in [-0.05, 0) is 18.6 Å². The number of anilines is 1. The molecule has 6 heteroatoms. The highest BCUT2D eigenvalue weighted by Gasteiger charge is 2.17. The lowest BCUT2D eigenvalue weighted by Gasteiger charge is -2.08. The van der Waals surface area contributed by atoms with Crippen LogP contribution >= 0.6 is 23.1 Å². The molecule has 1 saturated heterocycles. The van der Waals surface area contributed by atoms with Crippen LogP contribution in [-0.4, -0.2) is 28.4 Å². The standard InChI is InChI=1S/C9H13N3OS2/c10-9-12-7(5-15-9)8(13)11-4-6-2-1-3-14-6/h5-6H,1-4H2,(H2,10,12)(H,11,13). The van der Waals surface area contributed by atoms with Gasteiger partial charge < -0.3 is 11.1 Å². The zero-order valence-corrected chi connectivity index (χ0v) is 9.87. The van der Waals surface area contributed by atoms with Gasteiger partial charge in [0.25, 0.3) is 5.91 Å². The fraction of sp³-hybridized carbons (Fsp3) is 0.556. The van der Waals surface area contributed by atoms with Crippen LogP contribution in [0.15, 0.2) is 5.38 Å². The number of nitrogens with zero attached hydrogens (tertiary/aromatic N) is 1. The van der Waals surface area contributed by atoms with E-state index in [-0.39, 0.29) is 5.91 Å². The number of nitrogens with two attached hydrogens (primary N) is 1. The number of amides is 1. The molecular formula is C9H13N3OS2. The Morgan fingerprint density at radius 3 is 3.20 bits per heavy atom. The summed E-state index contributed by atoms with van der Waals surface area (Å²) in [6.45, 7) is 0.737. The molecule has 1 aliphatic rings. The lowest BCUT2D eigenvalue weighted by molar-refractivity contribution is 0.0949. The number of carbonyl (C=O) groups excluding carboxylic acids is 1. The van der Waals surface area contributed by atoms with Gasteiger partial charge in [-0.3, -0.25) is 4.79 Å². The summed E-state index contributed by atoms with van der Waals surface area (Å²) in [4.78, 5) is 15.5. The van der Waals surface area contributed by atoms with Gasteiger partial charge >= 0.3 is 0 Å². The number of rotatable bonds is 3. The number of hydrogen-bond donors (Lipinski definition) is 2. The Hall–Kier alpha value is -0.750. The molecule has 15 heavy (non-hydrogen) atoms. The van der Waals surface area contributed by atoms with Crippen LogP contribution in [0.3, 0.4) is 0 Å². The van der Waals surface area contributed by atoms with Gasteiger partial charge in [0.15, 0.2) is 5.13 Å². The molecule has 1 atom stereocenters. The Morgan fingerprint density at radius 2 is 2.60 bits per heavy atom. The van der Waals surface area contributed by atoms with E-state index < -0.39 is 0 Å². The summed E-state index contributed by atoms with van der Waals surface area (Å²) in [5.41, 5.74) is 5.89. The highest BCUT2D eigenvalue weighted by atomic mass is 32.2. The van der Waals surface area contributed by atoms with Gasteiger partial charge in [-0.2, -0.15) is 11.8 Å². The lowest BCUT2D eigenvalue weighted by Crippen LogP contribution is -2.29. The van der Waals surface area contributed by atoms with E-state index >= 15 is 0 Å². The monoisotopic (exact) mass is 243 g/mol. The van der Waals surface area contributed by atoms with E-state index in [0.29, 0.717) is 16.1 Å². The maximum atomic E-state index is 11.6. The summed E-state index contributed by atoms with van der Waals surface area (Å²) in [5, 5.41) is 5.58. The predicted molar refractivity (Wildman–Crippen MR) is 64.3 cm³/mol. The molecule has 0 saturated carbocycles. The molecule has 1 aromatic heterocycles. The smallest absolute Gasteiger partial charge is 0.270 e. The Balaban J connectivity index is 1.81. The molecule has 82 valence electrons. The molecule has 0 spiro atoms. The molecule has 1 unspecified atom stereocenters. The number of hydrogen-bond acceptors (Lipinski definition) is 5.